The smallest absolute Gasteiger partial charge is 0.191 e. The van der Waals surface area contributed by atoms with Crippen LogP contribution in [0.1, 0.15) is 33.1 Å². The second-order valence-electron chi connectivity index (χ2n) is 8.07. The summed E-state index contributed by atoms with van der Waals surface area (Å²) in [7, 11) is 3.63. The highest BCUT2D eigenvalue weighted by Crippen LogP contribution is 2.25. The average Bonchev–Trinajstić information content (AvgIpc) is 3.51. The molecule has 0 amide bonds. The zero-order valence-corrected chi connectivity index (χ0v) is 20.6. The van der Waals surface area contributed by atoms with Crippen LogP contribution in [0.15, 0.2) is 4.99 Å². The molecule has 1 aliphatic heterocycles. The highest BCUT2D eigenvalue weighted by Gasteiger charge is 2.28. The number of ether oxygens (including phenoxy) is 2. The fraction of sp³-hybridized carbons (Fsp3) is 0.950. The van der Waals surface area contributed by atoms with E-state index in [0.717, 1.165) is 71.1 Å². The summed E-state index contributed by atoms with van der Waals surface area (Å²) in [6, 6.07) is 1.28. The van der Waals surface area contributed by atoms with Crippen LogP contribution < -0.4 is 10.6 Å². The third kappa shape index (κ3) is 10.0. The maximum Gasteiger partial charge on any atom is 0.191 e. The molecule has 2 rings (SSSR count). The number of halogens is 1. The molecule has 2 N–H and O–H groups in total. The number of nitrogens with zero attached hydrogens (tertiary/aromatic N) is 3. The van der Waals surface area contributed by atoms with Crippen LogP contribution in [0, 0.1) is 5.92 Å². The van der Waals surface area contributed by atoms with E-state index in [2.05, 4.69) is 39.3 Å². The third-order valence-corrected chi connectivity index (χ3v) is 5.37. The Labute approximate surface area is 189 Å². The standard InChI is InChI=1S/C20H41N5O2.HI/c1-17(2)15-19(25-10-13-27-14-11-25)16-23-20(21-3)22-7-8-24(9-12-26-4)18-5-6-18;/h17-19H,5-16H2,1-4H3,(H2,21,22,23);1H. The van der Waals surface area contributed by atoms with Crippen molar-refractivity contribution < 1.29 is 9.47 Å². The molecule has 8 heteroatoms. The molecule has 1 heterocycles. The van der Waals surface area contributed by atoms with Gasteiger partial charge in [-0.15, -0.1) is 24.0 Å². The van der Waals surface area contributed by atoms with E-state index in [1.165, 1.54) is 19.3 Å². The van der Waals surface area contributed by atoms with Gasteiger partial charge in [0.2, 0.25) is 0 Å². The molecule has 1 saturated carbocycles. The van der Waals surface area contributed by atoms with Crippen molar-refractivity contribution in [1.82, 2.24) is 20.4 Å². The Morgan fingerprint density at radius 2 is 1.93 bits per heavy atom. The molecule has 0 radical (unpaired) electrons. The Kier molecular flexibility index (Phi) is 13.6. The van der Waals surface area contributed by atoms with Gasteiger partial charge in [0.1, 0.15) is 0 Å². The zero-order chi connectivity index (χ0) is 19.5. The topological polar surface area (TPSA) is 61.4 Å². The first-order chi connectivity index (χ1) is 13.1. The van der Waals surface area contributed by atoms with Crippen molar-refractivity contribution in [2.45, 2.75) is 45.2 Å². The number of morpholine rings is 1. The first-order valence-corrected chi connectivity index (χ1v) is 10.6. The van der Waals surface area contributed by atoms with E-state index >= 15 is 0 Å². The number of nitrogens with one attached hydrogen (secondary N) is 2. The van der Waals surface area contributed by atoms with Crippen LogP contribution in [0.5, 0.6) is 0 Å². The van der Waals surface area contributed by atoms with Gasteiger partial charge in [-0.2, -0.15) is 0 Å². The lowest BCUT2D eigenvalue weighted by Gasteiger charge is -2.35. The minimum Gasteiger partial charge on any atom is -0.383 e. The van der Waals surface area contributed by atoms with Crippen LogP contribution in [0.4, 0.5) is 0 Å². The molecule has 1 atom stereocenters. The molecule has 7 nitrogen and oxygen atoms in total. The monoisotopic (exact) mass is 511 g/mol. The molecule has 0 aromatic heterocycles. The van der Waals surface area contributed by atoms with Crippen molar-refractivity contribution in [2.24, 2.45) is 10.9 Å². The molecule has 0 aromatic carbocycles. The van der Waals surface area contributed by atoms with E-state index in [-0.39, 0.29) is 24.0 Å². The summed E-state index contributed by atoms with van der Waals surface area (Å²) in [5, 5.41) is 7.03. The number of guanidine groups is 1. The normalized spacial score (nSPS) is 19.6. The Morgan fingerprint density at radius 1 is 1.21 bits per heavy atom. The number of hydrogen-bond donors (Lipinski definition) is 2. The van der Waals surface area contributed by atoms with E-state index in [1.807, 2.05) is 7.05 Å². The fourth-order valence-electron chi connectivity index (χ4n) is 3.73. The van der Waals surface area contributed by atoms with Crippen molar-refractivity contribution in [3.63, 3.8) is 0 Å². The Bertz CT molecular complexity index is 429. The quantitative estimate of drug-likeness (QED) is 0.236. The minimum atomic E-state index is 0. The van der Waals surface area contributed by atoms with Crippen molar-refractivity contribution in [2.75, 3.05) is 73.2 Å². The van der Waals surface area contributed by atoms with Gasteiger partial charge in [-0.3, -0.25) is 14.8 Å². The molecular formula is C20H42IN5O2. The lowest BCUT2D eigenvalue weighted by molar-refractivity contribution is 0.0132. The van der Waals surface area contributed by atoms with Crippen molar-refractivity contribution in [3.05, 3.63) is 0 Å². The van der Waals surface area contributed by atoms with Crippen molar-refractivity contribution >= 4 is 29.9 Å². The largest absolute Gasteiger partial charge is 0.383 e. The van der Waals surface area contributed by atoms with Gasteiger partial charge in [0, 0.05) is 65.5 Å². The minimum absolute atomic E-state index is 0. The first-order valence-electron chi connectivity index (χ1n) is 10.6. The molecule has 1 aliphatic carbocycles. The molecule has 0 aromatic rings. The number of rotatable bonds is 12. The highest BCUT2D eigenvalue weighted by molar-refractivity contribution is 14.0. The summed E-state index contributed by atoms with van der Waals surface area (Å²) < 4.78 is 10.8. The van der Waals surface area contributed by atoms with Gasteiger partial charge in [-0.25, -0.2) is 0 Å². The van der Waals surface area contributed by atoms with Crippen LogP contribution in [-0.2, 0) is 9.47 Å². The predicted octanol–water partition coefficient (Wildman–Crippen LogP) is 1.63. The number of hydrogen-bond acceptors (Lipinski definition) is 5. The second-order valence-corrected chi connectivity index (χ2v) is 8.07. The molecular weight excluding hydrogens is 469 g/mol. The van der Waals surface area contributed by atoms with Crippen LogP contribution in [0.3, 0.4) is 0 Å². The van der Waals surface area contributed by atoms with E-state index in [0.29, 0.717) is 12.0 Å². The Balaban J connectivity index is 0.00000392. The van der Waals surface area contributed by atoms with E-state index < -0.39 is 0 Å². The lowest BCUT2D eigenvalue weighted by atomic mass is 10.0. The van der Waals surface area contributed by atoms with Crippen molar-refractivity contribution in [1.29, 1.82) is 0 Å². The van der Waals surface area contributed by atoms with Crippen LogP contribution in [-0.4, -0.2) is 101 Å². The van der Waals surface area contributed by atoms with E-state index in [1.54, 1.807) is 7.11 Å². The molecule has 0 spiro atoms. The molecule has 2 aliphatic rings. The average molecular weight is 511 g/mol. The molecule has 1 saturated heterocycles. The van der Waals surface area contributed by atoms with Crippen molar-refractivity contribution in [3.8, 4) is 0 Å². The van der Waals surface area contributed by atoms with Gasteiger partial charge in [-0.05, 0) is 25.2 Å². The second kappa shape index (κ2) is 14.8. The maximum absolute atomic E-state index is 5.52. The highest BCUT2D eigenvalue weighted by atomic mass is 127. The maximum atomic E-state index is 5.52. The van der Waals surface area contributed by atoms with E-state index in [9.17, 15) is 0 Å². The summed E-state index contributed by atoms with van der Waals surface area (Å²) in [5.41, 5.74) is 0. The number of aliphatic imine (C=N–C) groups is 1. The molecule has 166 valence electrons. The van der Waals surface area contributed by atoms with Gasteiger partial charge >= 0.3 is 0 Å². The summed E-state index contributed by atoms with van der Waals surface area (Å²) in [5.74, 6) is 1.59. The van der Waals surface area contributed by atoms with Crippen LogP contribution >= 0.6 is 24.0 Å². The fourth-order valence-corrected chi connectivity index (χ4v) is 3.73. The lowest BCUT2D eigenvalue weighted by Crippen LogP contribution is -2.51. The molecule has 28 heavy (non-hydrogen) atoms. The van der Waals surface area contributed by atoms with Crippen LogP contribution in [0.25, 0.3) is 0 Å². The number of methoxy groups -OCH3 is 1. The summed E-state index contributed by atoms with van der Waals surface area (Å²) in [6.45, 7) is 13.0. The molecule has 1 unspecified atom stereocenters. The molecule has 0 bridgehead atoms. The van der Waals surface area contributed by atoms with Gasteiger partial charge in [0.25, 0.3) is 0 Å². The Morgan fingerprint density at radius 3 is 2.50 bits per heavy atom. The third-order valence-electron chi connectivity index (χ3n) is 5.37. The summed E-state index contributed by atoms with van der Waals surface area (Å²) in [6.07, 6.45) is 3.84. The van der Waals surface area contributed by atoms with Gasteiger partial charge < -0.3 is 20.1 Å². The molecule has 2 fully saturated rings. The summed E-state index contributed by atoms with van der Waals surface area (Å²) >= 11 is 0. The zero-order valence-electron chi connectivity index (χ0n) is 18.3. The summed E-state index contributed by atoms with van der Waals surface area (Å²) in [4.78, 5) is 9.50. The first kappa shape index (κ1) is 25.9. The van der Waals surface area contributed by atoms with Gasteiger partial charge in [0.05, 0.1) is 19.8 Å². The van der Waals surface area contributed by atoms with Gasteiger partial charge in [-0.1, -0.05) is 13.8 Å². The van der Waals surface area contributed by atoms with E-state index in [4.69, 9.17) is 9.47 Å². The van der Waals surface area contributed by atoms with Gasteiger partial charge in [0.15, 0.2) is 5.96 Å². The Hall–Kier alpha value is -0.160. The predicted molar refractivity (Wildman–Crippen MR) is 127 cm³/mol. The SMILES string of the molecule is CN=C(NCCN(CCOC)C1CC1)NCC(CC(C)C)N1CCOCC1.I. The van der Waals surface area contributed by atoms with Crippen LogP contribution in [0.2, 0.25) is 0 Å².